The van der Waals surface area contributed by atoms with Crippen LogP contribution in [0.5, 0.6) is 5.75 Å². The van der Waals surface area contributed by atoms with Crippen molar-refractivity contribution >= 4 is 29.3 Å². The van der Waals surface area contributed by atoms with Crippen molar-refractivity contribution in [2.45, 2.75) is 32.9 Å². The number of carboxylic acid groups (broad SMARTS) is 1. The van der Waals surface area contributed by atoms with Gasteiger partial charge in [0, 0.05) is 12.2 Å². The molecule has 2 aromatic rings. The molecule has 28 heavy (non-hydrogen) atoms. The van der Waals surface area contributed by atoms with E-state index in [0.717, 1.165) is 12.0 Å². The fraction of sp³-hybridized carbons (Fsp3) is 0.333. The van der Waals surface area contributed by atoms with Crippen LogP contribution < -0.4 is 9.64 Å². The number of ether oxygens (including phenoxy) is 1. The lowest BCUT2D eigenvalue weighted by Gasteiger charge is -2.27. The van der Waals surface area contributed by atoms with E-state index < -0.39 is 6.09 Å². The van der Waals surface area contributed by atoms with E-state index in [2.05, 4.69) is 0 Å². The monoisotopic (exact) mass is 402 g/mol. The molecule has 1 atom stereocenters. The summed E-state index contributed by atoms with van der Waals surface area (Å²) < 4.78 is 5.57. The number of rotatable bonds is 4. The molecule has 0 unspecified atom stereocenters. The Morgan fingerprint density at radius 3 is 2.68 bits per heavy atom. The van der Waals surface area contributed by atoms with Gasteiger partial charge in [0.05, 0.1) is 29.8 Å². The van der Waals surface area contributed by atoms with Crippen molar-refractivity contribution in [1.29, 1.82) is 0 Å². The molecule has 1 aliphatic rings. The number of fused-ring (bicyclic) bond motifs is 1. The Morgan fingerprint density at radius 2 is 2.00 bits per heavy atom. The fourth-order valence-electron chi connectivity index (χ4n) is 3.28. The second-order valence-corrected chi connectivity index (χ2v) is 7.20. The van der Waals surface area contributed by atoms with Gasteiger partial charge in [0.2, 0.25) is 0 Å². The number of hydrogen-bond donors (Lipinski definition) is 1. The van der Waals surface area contributed by atoms with Gasteiger partial charge >= 0.3 is 6.09 Å². The molecule has 1 heterocycles. The molecule has 0 aliphatic carbocycles. The highest BCUT2D eigenvalue weighted by molar-refractivity contribution is 6.34. The predicted molar refractivity (Wildman–Crippen MR) is 108 cm³/mol. The maximum Gasteiger partial charge on any atom is 0.407 e. The molecule has 2 amide bonds. The summed E-state index contributed by atoms with van der Waals surface area (Å²) in [5, 5.41) is 9.84. The van der Waals surface area contributed by atoms with Gasteiger partial charge < -0.3 is 14.7 Å². The average Bonchev–Trinajstić information content (AvgIpc) is 2.83. The first-order chi connectivity index (χ1) is 13.4. The summed E-state index contributed by atoms with van der Waals surface area (Å²) in [7, 11) is 0. The van der Waals surface area contributed by atoms with Crippen LogP contribution in [-0.4, -0.2) is 41.2 Å². The van der Waals surface area contributed by atoms with E-state index in [0.29, 0.717) is 28.6 Å². The summed E-state index contributed by atoms with van der Waals surface area (Å²) in [6.45, 7) is 4.85. The van der Waals surface area contributed by atoms with Crippen molar-refractivity contribution in [2.75, 3.05) is 18.1 Å². The van der Waals surface area contributed by atoms with Crippen LogP contribution in [-0.2, 0) is 6.54 Å². The summed E-state index contributed by atoms with van der Waals surface area (Å²) in [6, 6.07) is 12.0. The molecule has 0 radical (unpaired) electrons. The predicted octanol–water partition coefficient (Wildman–Crippen LogP) is 4.66. The summed E-state index contributed by atoms with van der Waals surface area (Å²) in [5.74, 6) is 0.351. The quantitative estimate of drug-likeness (QED) is 0.807. The Morgan fingerprint density at radius 1 is 1.25 bits per heavy atom. The van der Waals surface area contributed by atoms with Gasteiger partial charge in [0.25, 0.3) is 5.91 Å². The number of anilines is 1. The lowest BCUT2D eigenvalue weighted by molar-refractivity contribution is 0.0970. The molecule has 1 N–H and O–H groups in total. The van der Waals surface area contributed by atoms with Crippen LogP contribution in [0.25, 0.3) is 0 Å². The third kappa shape index (κ3) is 4.07. The highest BCUT2D eigenvalue weighted by Crippen LogP contribution is 2.31. The van der Waals surface area contributed by atoms with Crippen LogP contribution in [0.1, 0.15) is 36.2 Å². The standard InChI is InChI=1S/C21H23ClN2O4/c1-3-10-28-16-8-9-17(18(22)11-16)20(25)24-12-14(2)23(21(26)27)13-15-6-4-5-7-19(15)24/h4-9,11,14H,3,10,12-13H2,1-2H3,(H,26,27)/t14-/m1/s1. The van der Waals surface area contributed by atoms with E-state index in [9.17, 15) is 14.7 Å². The second-order valence-electron chi connectivity index (χ2n) is 6.79. The number of carbonyl (C=O) groups excluding carboxylic acids is 1. The largest absolute Gasteiger partial charge is 0.494 e. The van der Waals surface area contributed by atoms with Gasteiger partial charge in [-0.2, -0.15) is 0 Å². The van der Waals surface area contributed by atoms with Gasteiger partial charge in [-0.15, -0.1) is 0 Å². The Bertz CT molecular complexity index is 886. The SMILES string of the molecule is CCCOc1ccc(C(=O)N2C[C@@H](C)N(C(=O)O)Cc3ccccc32)c(Cl)c1. The number of nitrogens with zero attached hydrogens (tertiary/aromatic N) is 2. The van der Waals surface area contributed by atoms with Gasteiger partial charge in [-0.1, -0.05) is 36.7 Å². The molecule has 0 saturated heterocycles. The highest BCUT2D eigenvalue weighted by atomic mass is 35.5. The number of hydrogen-bond acceptors (Lipinski definition) is 3. The normalized spacial score (nSPS) is 16.3. The number of carbonyl (C=O) groups is 2. The van der Waals surface area contributed by atoms with E-state index in [-0.39, 0.29) is 25.0 Å². The Hall–Kier alpha value is -2.73. The molecule has 0 bridgehead atoms. The first-order valence-electron chi connectivity index (χ1n) is 9.24. The van der Waals surface area contributed by atoms with Crippen LogP contribution in [0.4, 0.5) is 10.5 Å². The second kappa shape index (κ2) is 8.52. The molecule has 1 aliphatic heterocycles. The van der Waals surface area contributed by atoms with Crippen molar-refractivity contribution < 1.29 is 19.4 Å². The van der Waals surface area contributed by atoms with Crippen molar-refractivity contribution in [2.24, 2.45) is 0 Å². The van der Waals surface area contributed by atoms with Gasteiger partial charge in [0.15, 0.2) is 0 Å². The van der Waals surface area contributed by atoms with Crippen LogP contribution >= 0.6 is 11.6 Å². The smallest absolute Gasteiger partial charge is 0.407 e. The summed E-state index contributed by atoms with van der Waals surface area (Å²) in [6.07, 6.45) is -0.132. The molecule has 6 nitrogen and oxygen atoms in total. The van der Waals surface area contributed by atoms with Crippen molar-refractivity contribution in [3.63, 3.8) is 0 Å². The average molecular weight is 403 g/mol. The zero-order chi connectivity index (χ0) is 20.3. The maximum atomic E-state index is 13.3. The molecular weight excluding hydrogens is 380 g/mol. The van der Waals surface area contributed by atoms with Gasteiger partial charge in [-0.3, -0.25) is 9.69 Å². The van der Waals surface area contributed by atoms with Crippen molar-refractivity contribution in [1.82, 2.24) is 4.90 Å². The van der Waals surface area contributed by atoms with E-state index in [1.54, 1.807) is 30.0 Å². The zero-order valence-corrected chi connectivity index (χ0v) is 16.6. The summed E-state index contributed by atoms with van der Waals surface area (Å²) in [4.78, 5) is 27.9. The minimum atomic E-state index is -1.01. The van der Waals surface area contributed by atoms with Crippen LogP contribution in [0.2, 0.25) is 5.02 Å². The van der Waals surface area contributed by atoms with Gasteiger partial charge in [-0.25, -0.2) is 4.79 Å². The Labute approximate surface area is 169 Å². The summed E-state index contributed by atoms with van der Waals surface area (Å²) in [5.41, 5.74) is 1.84. The number of halogens is 1. The number of benzene rings is 2. The fourth-order valence-corrected chi connectivity index (χ4v) is 3.53. The first kappa shape index (κ1) is 20.0. The molecule has 148 valence electrons. The third-order valence-corrected chi connectivity index (χ3v) is 5.05. The maximum absolute atomic E-state index is 13.3. The molecule has 3 rings (SSSR count). The zero-order valence-electron chi connectivity index (χ0n) is 15.9. The van der Waals surface area contributed by atoms with Gasteiger partial charge in [-0.05, 0) is 43.2 Å². The number of amides is 2. The number of para-hydroxylation sites is 1. The third-order valence-electron chi connectivity index (χ3n) is 4.74. The highest BCUT2D eigenvalue weighted by Gasteiger charge is 2.32. The Kier molecular flexibility index (Phi) is 6.09. The first-order valence-corrected chi connectivity index (χ1v) is 9.61. The molecule has 0 fully saturated rings. The van der Waals surface area contributed by atoms with Crippen molar-refractivity contribution in [3.05, 3.63) is 58.6 Å². The van der Waals surface area contributed by atoms with Crippen molar-refractivity contribution in [3.8, 4) is 5.75 Å². The van der Waals surface area contributed by atoms with E-state index in [1.807, 2.05) is 31.2 Å². The topological polar surface area (TPSA) is 70.1 Å². The molecular formula is C21H23ClN2O4. The molecule has 0 saturated carbocycles. The van der Waals surface area contributed by atoms with Crippen LogP contribution in [0, 0.1) is 0 Å². The van der Waals surface area contributed by atoms with Gasteiger partial charge in [0.1, 0.15) is 5.75 Å². The minimum absolute atomic E-state index is 0.230. The lowest BCUT2D eigenvalue weighted by Crippen LogP contribution is -2.44. The minimum Gasteiger partial charge on any atom is -0.494 e. The molecule has 0 spiro atoms. The lowest BCUT2D eigenvalue weighted by atomic mass is 10.1. The Balaban J connectivity index is 1.96. The molecule has 2 aromatic carbocycles. The molecule has 7 heteroatoms. The van der Waals surface area contributed by atoms with E-state index in [1.165, 1.54) is 4.90 Å². The van der Waals surface area contributed by atoms with Crippen LogP contribution in [0.3, 0.4) is 0 Å². The van der Waals surface area contributed by atoms with E-state index in [4.69, 9.17) is 16.3 Å². The molecule has 0 aromatic heterocycles. The van der Waals surface area contributed by atoms with Crippen LogP contribution in [0.15, 0.2) is 42.5 Å². The summed E-state index contributed by atoms with van der Waals surface area (Å²) >= 11 is 6.37. The van der Waals surface area contributed by atoms with E-state index >= 15 is 0 Å².